The van der Waals surface area contributed by atoms with Crippen molar-refractivity contribution >= 4 is 23.5 Å². The van der Waals surface area contributed by atoms with E-state index >= 15 is 0 Å². The molecule has 3 rings (SSSR count). The van der Waals surface area contributed by atoms with Crippen LogP contribution in [0.4, 0.5) is 10.6 Å². The van der Waals surface area contributed by atoms with Gasteiger partial charge in [-0.05, 0) is 72.0 Å². The Morgan fingerprint density at radius 3 is 2.71 bits per heavy atom. The van der Waals surface area contributed by atoms with Crippen molar-refractivity contribution in [2.45, 2.75) is 58.5 Å². The average molecular weight is 453 g/mol. The number of hydrogen-bond acceptors (Lipinski definition) is 7. The molecular formula is C20H25ClN4O6. The van der Waals surface area contributed by atoms with Crippen LogP contribution in [-0.2, 0) is 24.4 Å². The van der Waals surface area contributed by atoms with Gasteiger partial charge < -0.3 is 24.7 Å². The summed E-state index contributed by atoms with van der Waals surface area (Å²) in [6.07, 6.45) is 0.348. The average Bonchev–Trinajstić information content (AvgIpc) is 3.26. The van der Waals surface area contributed by atoms with Crippen molar-refractivity contribution in [1.29, 1.82) is 0 Å². The summed E-state index contributed by atoms with van der Waals surface area (Å²) in [4.78, 5) is 27.6. The van der Waals surface area contributed by atoms with Gasteiger partial charge in [-0.2, -0.15) is 0 Å². The van der Waals surface area contributed by atoms with Gasteiger partial charge in [-0.1, -0.05) is 6.07 Å². The number of hydrogen-bond donors (Lipinski definition) is 1. The normalized spacial score (nSPS) is 14.3. The van der Waals surface area contributed by atoms with E-state index in [9.17, 15) is 20.0 Å². The van der Waals surface area contributed by atoms with Crippen LogP contribution in [0.2, 0.25) is 5.28 Å². The highest BCUT2D eigenvalue weighted by molar-refractivity contribution is 6.28. The van der Waals surface area contributed by atoms with Crippen LogP contribution in [0.15, 0.2) is 24.4 Å². The highest BCUT2D eigenvalue weighted by atomic mass is 35.5. The van der Waals surface area contributed by atoms with Crippen molar-refractivity contribution in [1.82, 2.24) is 14.5 Å². The lowest BCUT2D eigenvalue weighted by Crippen LogP contribution is -2.33. The van der Waals surface area contributed by atoms with Crippen LogP contribution in [-0.4, -0.2) is 48.9 Å². The summed E-state index contributed by atoms with van der Waals surface area (Å²) in [5.74, 6) is 0.245. The Morgan fingerprint density at radius 2 is 2.06 bits per heavy atom. The number of imidazole rings is 1. The third kappa shape index (κ3) is 6.08. The fraction of sp³-hybridized carbons (Fsp3) is 0.500. The largest absolute Gasteiger partial charge is 0.491 e. The Balaban J connectivity index is 1.49. The predicted molar refractivity (Wildman–Crippen MR) is 112 cm³/mol. The fourth-order valence-electron chi connectivity index (χ4n) is 3.11. The van der Waals surface area contributed by atoms with Gasteiger partial charge in [0.1, 0.15) is 24.2 Å². The standard InChI is InChI=1S/C20H25ClN4O6/c1-20(2,3)31-19(27)24-9-13-4-5-16(8-14(13)10-24)30-12-15(26)6-7-23-11-17(25(28)29)22-18(23)21/h4-5,8,11,15,26H,6-7,9-10,12H2,1-3H3/t15-/m1/s1. The molecule has 10 nitrogen and oxygen atoms in total. The molecule has 0 aliphatic carbocycles. The van der Waals surface area contributed by atoms with Gasteiger partial charge >= 0.3 is 17.2 Å². The number of carbonyl (C=O) groups excluding carboxylic acids is 1. The van der Waals surface area contributed by atoms with E-state index < -0.39 is 16.6 Å². The quantitative estimate of drug-likeness (QED) is 0.504. The van der Waals surface area contributed by atoms with E-state index in [0.717, 1.165) is 11.1 Å². The van der Waals surface area contributed by atoms with Crippen LogP contribution in [0.25, 0.3) is 0 Å². The first kappa shape index (κ1) is 22.8. The fourth-order valence-corrected chi connectivity index (χ4v) is 3.33. The van der Waals surface area contributed by atoms with Crippen LogP contribution in [0.3, 0.4) is 0 Å². The van der Waals surface area contributed by atoms with E-state index in [-0.39, 0.29) is 36.8 Å². The van der Waals surface area contributed by atoms with Gasteiger partial charge in [0.25, 0.3) is 0 Å². The molecule has 1 aromatic heterocycles. The SMILES string of the molecule is CC(C)(C)OC(=O)N1Cc2ccc(OC[C@H](O)CCn3cc([N+](=O)[O-])nc3Cl)cc2C1. The van der Waals surface area contributed by atoms with Gasteiger partial charge in [-0.3, -0.25) is 9.47 Å². The molecular weight excluding hydrogens is 428 g/mol. The number of nitro groups is 1. The molecule has 0 radical (unpaired) electrons. The number of fused-ring (bicyclic) bond motifs is 1. The topological polar surface area (TPSA) is 120 Å². The minimum atomic E-state index is -0.802. The number of halogens is 1. The van der Waals surface area contributed by atoms with Crippen molar-refractivity contribution in [3.63, 3.8) is 0 Å². The Kier molecular flexibility index (Phi) is 6.71. The van der Waals surface area contributed by atoms with Crippen molar-refractivity contribution in [3.05, 3.63) is 50.9 Å². The van der Waals surface area contributed by atoms with Gasteiger partial charge in [0.2, 0.25) is 0 Å². The monoisotopic (exact) mass is 452 g/mol. The van der Waals surface area contributed by atoms with Crippen molar-refractivity contribution in [2.75, 3.05) is 6.61 Å². The molecule has 0 unspecified atom stereocenters. The van der Waals surface area contributed by atoms with Crippen LogP contribution < -0.4 is 4.74 Å². The zero-order valence-corrected chi connectivity index (χ0v) is 18.3. The molecule has 168 valence electrons. The van der Waals surface area contributed by atoms with Gasteiger partial charge in [0.15, 0.2) is 0 Å². The van der Waals surface area contributed by atoms with Gasteiger partial charge in [-0.15, -0.1) is 0 Å². The Bertz CT molecular complexity index is 971. The van der Waals surface area contributed by atoms with E-state index in [0.29, 0.717) is 18.8 Å². The molecule has 2 aromatic rings. The second-order valence-corrected chi connectivity index (χ2v) is 8.68. The first-order valence-electron chi connectivity index (χ1n) is 9.79. The number of nitrogens with zero attached hydrogens (tertiary/aromatic N) is 4. The molecule has 31 heavy (non-hydrogen) atoms. The number of rotatable bonds is 7. The zero-order chi connectivity index (χ0) is 22.8. The summed E-state index contributed by atoms with van der Waals surface area (Å²) in [5, 5.41) is 20.9. The van der Waals surface area contributed by atoms with Crippen molar-refractivity contribution < 1.29 is 24.3 Å². The lowest BCUT2D eigenvalue weighted by atomic mass is 10.1. The third-order valence-electron chi connectivity index (χ3n) is 4.60. The molecule has 0 fully saturated rings. The summed E-state index contributed by atoms with van der Waals surface area (Å²) in [5.41, 5.74) is 1.44. The molecule has 1 atom stereocenters. The van der Waals surface area contributed by atoms with E-state index in [4.69, 9.17) is 21.1 Å². The maximum atomic E-state index is 12.3. The number of aliphatic hydroxyl groups excluding tert-OH is 1. The van der Waals surface area contributed by atoms with E-state index in [1.807, 2.05) is 32.9 Å². The summed E-state index contributed by atoms with van der Waals surface area (Å²) in [6.45, 7) is 6.70. The Morgan fingerprint density at radius 1 is 1.35 bits per heavy atom. The number of aryl methyl sites for hydroxylation is 1. The summed E-state index contributed by atoms with van der Waals surface area (Å²) in [7, 11) is 0. The second kappa shape index (κ2) is 9.11. The number of ether oxygens (including phenoxy) is 2. The van der Waals surface area contributed by atoms with E-state index in [1.165, 1.54) is 10.8 Å². The summed E-state index contributed by atoms with van der Waals surface area (Å²) < 4.78 is 12.5. The minimum Gasteiger partial charge on any atom is -0.491 e. The molecule has 2 heterocycles. The van der Waals surface area contributed by atoms with Crippen LogP contribution in [0.1, 0.15) is 38.3 Å². The zero-order valence-electron chi connectivity index (χ0n) is 17.6. The minimum absolute atomic E-state index is 0.00650. The van der Waals surface area contributed by atoms with Crippen molar-refractivity contribution in [2.24, 2.45) is 0 Å². The maximum absolute atomic E-state index is 12.3. The first-order valence-corrected chi connectivity index (χ1v) is 10.2. The number of amides is 1. The van der Waals surface area contributed by atoms with Crippen LogP contribution >= 0.6 is 11.6 Å². The number of aromatic nitrogens is 2. The third-order valence-corrected chi connectivity index (χ3v) is 4.90. The van der Waals surface area contributed by atoms with Crippen LogP contribution in [0, 0.1) is 10.1 Å². The molecule has 11 heteroatoms. The van der Waals surface area contributed by atoms with E-state index in [1.54, 1.807) is 11.0 Å². The molecule has 0 saturated carbocycles. The molecule has 0 bridgehead atoms. The highest BCUT2D eigenvalue weighted by Crippen LogP contribution is 2.28. The molecule has 1 aliphatic rings. The molecule has 1 aromatic carbocycles. The van der Waals surface area contributed by atoms with Gasteiger partial charge in [0, 0.05) is 19.6 Å². The summed E-state index contributed by atoms with van der Waals surface area (Å²) in [6, 6.07) is 5.54. The molecule has 1 aliphatic heterocycles. The van der Waals surface area contributed by atoms with Crippen molar-refractivity contribution in [3.8, 4) is 5.75 Å². The van der Waals surface area contributed by atoms with Crippen LogP contribution in [0.5, 0.6) is 5.75 Å². The number of aliphatic hydroxyl groups is 1. The lowest BCUT2D eigenvalue weighted by Gasteiger charge is -2.24. The highest BCUT2D eigenvalue weighted by Gasteiger charge is 2.28. The Labute approximate surface area is 184 Å². The smallest absolute Gasteiger partial charge is 0.410 e. The van der Waals surface area contributed by atoms with Gasteiger partial charge in [-0.25, -0.2) is 4.79 Å². The molecule has 0 spiro atoms. The Hall–Kier alpha value is -2.85. The maximum Gasteiger partial charge on any atom is 0.410 e. The second-order valence-electron chi connectivity index (χ2n) is 8.34. The predicted octanol–water partition coefficient (Wildman–Crippen LogP) is 3.53. The molecule has 1 N–H and O–H groups in total. The van der Waals surface area contributed by atoms with Gasteiger partial charge in [0.05, 0.1) is 6.10 Å². The molecule has 1 amide bonds. The summed E-state index contributed by atoms with van der Waals surface area (Å²) >= 11 is 5.87. The number of benzene rings is 1. The lowest BCUT2D eigenvalue weighted by molar-refractivity contribution is -0.389. The first-order chi connectivity index (χ1) is 14.5. The number of carbonyl (C=O) groups is 1. The molecule has 0 saturated heterocycles. The van der Waals surface area contributed by atoms with E-state index in [2.05, 4.69) is 4.98 Å².